The highest BCUT2D eigenvalue weighted by Crippen LogP contribution is 2.45. The van der Waals surface area contributed by atoms with Crippen LogP contribution in [-0.2, 0) is 36.6 Å². The highest BCUT2D eigenvalue weighted by molar-refractivity contribution is 14.1. The molecule has 10 nitrogen and oxygen atoms in total. The third-order valence-corrected chi connectivity index (χ3v) is 8.26. The zero-order valence-electron chi connectivity index (χ0n) is 21.8. The average molecular weight is 662 g/mol. The second-order valence-electron chi connectivity index (χ2n) is 10.2. The number of aliphatic hydroxyl groups excluding tert-OH is 2. The molecule has 1 heterocycles. The number of esters is 1. The monoisotopic (exact) mass is 662 g/mol. The molecule has 212 valence electrons. The lowest BCUT2D eigenvalue weighted by molar-refractivity contribution is -0.172. The standard InChI is InChI=1S/C29H31IN2O8/c1-16(34)24(27(36)31-10-11-33)32-26(35)19-12-22(38-28(37)20-8-4-5-9-21(20)30)25-23(13-19)39-29(40-25)14-17-6-2-3-7-18(17)15-29/h2-9,13,16,22-25,33-34H,10-12,14-15H2,1H3,(H,31,36)(H,32,35)/t16-,22+,23+,24+,25-/m0/s1. The van der Waals surface area contributed by atoms with Gasteiger partial charge in [-0.15, -0.1) is 0 Å². The topological polar surface area (TPSA) is 143 Å². The van der Waals surface area contributed by atoms with Gasteiger partial charge in [-0.25, -0.2) is 4.79 Å². The van der Waals surface area contributed by atoms with Crippen LogP contribution in [0.15, 0.2) is 60.2 Å². The molecule has 3 aliphatic rings. The number of halogens is 1. The largest absolute Gasteiger partial charge is 0.455 e. The van der Waals surface area contributed by atoms with Crippen molar-refractivity contribution in [3.63, 3.8) is 0 Å². The number of aliphatic hydroxyl groups is 2. The van der Waals surface area contributed by atoms with Crippen molar-refractivity contribution < 1.29 is 38.8 Å². The number of fused-ring (bicyclic) bond motifs is 2. The van der Waals surface area contributed by atoms with Crippen LogP contribution < -0.4 is 10.6 Å². The lowest BCUT2D eigenvalue weighted by atomic mass is 9.91. The van der Waals surface area contributed by atoms with Crippen LogP contribution >= 0.6 is 22.6 Å². The first-order chi connectivity index (χ1) is 19.2. The lowest BCUT2D eigenvalue weighted by Crippen LogP contribution is -2.54. The Kier molecular flexibility index (Phi) is 8.57. The smallest absolute Gasteiger partial charge is 0.339 e. The summed E-state index contributed by atoms with van der Waals surface area (Å²) in [7, 11) is 0. The Morgan fingerprint density at radius 1 is 1.10 bits per heavy atom. The van der Waals surface area contributed by atoms with E-state index in [9.17, 15) is 19.5 Å². The number of hydrogen-bond acceptors (Lipinski definition) is 8. The number of amides is 2. The van der Waals surface area contributed by atoms with Crippen LogP contribution in [0.2, 0.25) is 0 Å². The maximum absolute atomic E-state index is 13.4. The molecule has 2 aromatic carbocycles. The van der Waals surface area contributed by atoms with Crippen molar-refractivity contribution in [2.45, 2.75) is 62.4 Å². The number of benzene rings is 2. The van der Waals surface area contributed by atoms with Gasteiger partial charge >= 0.3 is 5.97 Å². The minimum atomic E-state index is -1.25. The molecule has 4 N–H and O–H groups in total. The second-order valence-corrected chi connectivity index (χ2v) is 11.4. The predicted octanol–water partition coefficient (Wildman–Crippen LogP) is 1.40. The third kappa shape index (κ3) is 5.93. The number of carbonyl (C=O) groups is 3. The molecule has 1 spiro atoms. The minimum Gasteiger partial charge on any atom is -0.455 e. The predicted molar refractivity (Wildman–Crippen MR) is 151 cm³/mol. The molecular weight excluding hydrogens is 631 g/mol. The van der Waals surface area contributed by atoms with E-state index in [2.05, 4.69) is 33.2 Å². The van der Waals surface area contributed by atoms with Crippen molar-refractivity contribution in [3.8, 4) is 0 Å². The van der Waals surface area contributed by atoms with Gasteiger partial charge in [0.25, 0.3) is 0 Å². The fraction of sp³-hybridized carbons (Fsp3) is 0.414. The Morgan fingerprint density at radius 2 is 1.77 bits per heavy atom. The minimum absolute atomic E-state index is 0.0175. The van der Waals surface area contributed by atoms with Crippen LogP contribution in [0.3, 0.4) is 0 Å². The summed E-state index contributed by atoms with van der Waals surface area (Å²) in [6.45, 7) is 1.09. The number of rotatable bonds is 8. The molecule has 0 aromatic heterocycles. The van der Waals surface area contributed by atoms with Crippen LogP contribution in [-0.4, -0.2) is 77.4 Å². The number of nitrogens with one attached hydrogen (secondary N) is 2. The fourth-order valence-electron chi connectivity index (χ4n) is 5.42. The average Bonchev–Trinajstić information content (AvgIpc) is 3.48. The zero-order chi connectivity index (χ0) is 28.4. The first-order valence-electron chi connectivity index (χ1n) is 13.2. The van der Waals surface area contributed by atoms with Crippen LogP contribution in [0.1, 0.15) is 34.8 Å². The molecule has 5 atom stereocenters. The molecule has 1 aliphatic heterocycles. The van der Waals surface area contributed by atoms with E-state index in [4.69, 9.17) is 19.3 Å². The number of ether oxygens (including phenoxy) is 3. The Morgan fingerprint density at radius 3 is 2.42 bits per heavy atom. The summed E-state index contributed by atoms with van der Waals surface area (Å²) in [6.07, 6.45) is -0.620. The van der Waals surface area contributed by atoms with E-state index in [1.54, 1.807) is 24.3 Å². The molecule has 0 saturated carbocycles. The van der Waals surface area contributed by atoms with Crippen molar-refractivity contribution in [2.24, 2.45) is 0 Å². The van der Waals surface area contributed by atoms with Crippen molar-refractivity contribution in [2.75, 3.05) is 13.2 Å². The van der Waals surface area contributed by atoms with E-state index in [0.717, 1.165) is 14.7 Å². The molecule has 0 bridgehead atoms. The van der Waals surface area contributed by atoms with Gasteiger partial charge in [0.15, 0.2) is 5.79 Å². The Labute approximate surface area is 245 Å². The van der Waals surface area contributed by atoms with Gasteiger partial charge in [-0.3, -0.25) is 9.59 Å². The molecule has 11 heteroatoms. The van der Waals surface area contributed by atoms with Crippen LogP contribution in [0.4, 0.5) is 0 Å². The highest BCUT2D eigenvalue weighted by Gasteiger charge is 2.55. The number of carbonyl (C=O) groups excluding carboxylic acids is 3. The van der Waals surface area contributed by atoms with Gasteiger partial charge in [0.05, 0.1) is 18.3 Å². The first-order valence-corrected chi connectivity index (χ1v) is 14.2. The molecule has 1 fully saturated rings. The Hall–Kier alpha value is -2.84. The molecule has 40 heavy (non-hydrogen) atoms. The van der Waals surface area contributed by atoms with Crippen molar-refractivity contribution >= 4 is 40.4 Å². The summed E-state index contributed by atoms with van der Waals surface area (Å²) >= 11 is 2.07. The van der Waals surface area contributed by atoms with Gasteiger partial charge in [-0.1, -0.05) is 36.4 Å². The first kappa shape index (κ1) is 28.7. The molecule has 0 unspecified atom stereocenters. The summed E-state index contributed by atoms with van der Waals surface area (Å²) in [5.41, 5.74) is 2.88. The van der Waals surface area contributed by atoms with E-state index >= 15 is 0 Å². The maximum atomic E-state index is 13.4. The summed E-state index contributed by atoms with van der Waals surface area (Å²) in [5.74, 6) is -2.71. The second kappa shape index (κ2) is 12.0. The third-order valence-electron chi connectivity index (χ3n) is 7.32. The summed E-state index contributed by atoms with van der Waals surface area (Å²) in [6, 6.07) is 13.8. The van der Waals surface area contributed by atoms with Crippen LogP contribution in [0.5, 0.6) is 0 Å². The lowest BCUT2D eigenvalue weighted by Gasteiger charge is -2.31. The normalized spacial score (nSPS) is 23.9. The van der Waals surface area contributed by atoms with E-state index < -0.39 is 54.0 Å². The SMILES string of the molecule is C[C@H](O)[C@@H](NC(=O)C1=C[C@H]2OC3(Cc4ccccc4C3)O[C@H]2[C@H](OC(=O)c2ccccc2I)C1)C(=O)NCCO. The molecule has 0 radical (unpaired) electrons. The molecular formula is C29H31IN2O8. The van der Waals surface area contributed by atoms with E-state index in [0.29, 0.717) is 18.4 Å². The molecule has 5 rings (SSSR count). The maximum Gasteiger partial charge on any atom is 0.339 e. The van der Waals surface area contributed by atoms with Gasteiger partial charge in [-0.05, 0) is 58.9 Å². The molecule has 2 aromatic rings. The Bertz CT molecular complexity index is 1300. The van der Waals surface area contributed by atoms with Crippen molar-refractivity contribution in [3.05, 3.63) is 80.4 Å². The van der Waals surface area contributed by atoms with Crippen LogP contribution in [0, 0.1) is 3.57 Å². The van der Waals surface area contributed by atoms with Gasteiger partial charge in [0.1, 0.15) is 24.4 Å². The van der Waals surface area contributed by atoms with Gasteiger partial charge in [0.2, 0.25) is 11.8 Å². The fourth-order valence-corrected chi connectivity index (χ4v) is 6.03. The summed E-state index contributed by atoms with van der Waals surface area (Å²) in [5, 5.41) is 24.2. The number of hydrogen-bond donors (Lipinski definition) is 4. The van der Waals surface area contributed by atoms with Gasteiger partial charge < -0.3 is 35.1 Å². The van der Waals surface area contributed by atoms with Crippen LogP contribution in [0.25, 0.3) is 0 Å². The van der Waals surface area contributed by atoms with Gasteiger partial charge in [-0.2, -0.15) is 0 Å². The molecule has 1 saturated heterocycles. The van der Waals surface area contributed by atoms with E-state index in [-0.39, 0.29) is 25.1 Å². The quantitative estimate of drug-likeness (QED) is 0.246. The van der Waals surface area contributed by atoms with Gasteiger partial charge in [0, 0.05) is 35.0 Å². The zero-order valence-corrected chi connectivity index (χ0v) is 24.0. The summed E-state index contributed by atoms with van der Waals surface area (Å²) < 4.78 is 19.6. The van der Waals surface area contributed by atoms with E-state index in [1.807, 2.05) is 30.3 Å². The van der Waals surface area contributed by atoms with Crippen molar-refractivity contribution in [1.29, 1.82) is 0 Å². The Balaban J connectivity index is 1.40. The van der Waals surface area contributed by atoms with E-state index in [1.165, 1.54) is 6.92 Å². The summed E-state index contributed by atoms with van der Waals surface area (Å²) in [4.78, 5) is 39.1. The molecule has 2 aliphatic carbocycles. The highest BCUT2D eigenvalue weighted by atomic mass is 127. The van der Waals surface area contributed by atoms with Crippen molar-refractivity contribution in [1.82, 2.24) is 10.6 Å². The molecule has 2 amide bonds.